The Labute approximate surface area is 116 Å². The molecule has 0 aliphatic carbocycles. The third-order valence-electron chi connectivity index (χ3n) is 3.33. The Hall–Kier alpha value is -1.69. The number of benzene rings is 1. The third kappa shape index (κ3) is 3.90. The predicted octanol–water partition coefficient (Wildman–Crippen LogP) is 2.24. The van der Waals surface area contributed by atoms with E-state index in [1.807, 2.05) is 30.3 Å². The van der Waals surface area contributed by atoms with Crippen LogP contribution in [0.2, 0.25) is 0 Å². The molecule has 2 atom stereocenters. The zero-order valence-corrected chi connectivity index (χ0v) is 11.0. The number of piperidine rings is 1. The number of amides is 1. The minimum atomic E-state index is -2.47. The summed E-state index contributed by atoms with van der Waals surface area (Å²) in [5.74, 6) is -0.872. The highest BCUT2D eigenvalue weighted by atomic mass is 19.3. The van der Waals surface area contributed by atoms with Crippen molar-refractivity contribution in [1.29, 1.82) is 0 Å². The lowest BCUT2D eigenvalue weighted by Gasteiger charge is -2.35. The molecule has 0 spiro atoms. The summed E-state index contributed by atoms with van der Waals surface area (Å²) in [6.45, 7) is 0.389. The highest BCUT2D eigenvalue weighted by Gasteiger charge is 2.33. The van der Waals surface area contributed by atoms with Crippen molar-refractivity contribution in [3.8, 4) is 0 Å². The van der Waals surface area contributed by atoms with Crippen molar-refractivity contribution in [2.24, 2.45) is 11.7 Å². The molecule has 4 nitrogen and oxygen atoms in total. The first-order valence-electron chi connectivity index (χ1n) is 6.55. The van der Waals surface area contributed by atoms with Gasteiger partial charge in [-0.25, -0.2) is 13.6 Å². The first-order chi connectivity index (χ1) is 9.56. The van der Waals surface area contributed by atoms with Crippen LogP contribution < -0.4 is 5.73 Å². The molecule has 2 N–H and O–H groups in total. The number of hydrogen-bond acceptors (Lipinski definition) is 3. The number of likely N-dealkylation sites (tertiary alicyclic amines) is 1. The highest BCUT2D eigenvalue weighted by Crippen LogP contribution is 2.22. The number of halogens is 2. The van der Waals surface area contributed by atoms with Crippen molar-refractivity contribution < 1.29 is 18.3 Å². The zero-order chi connectivity index (χ0) is 14.5. The maximum absolute atomic E-state index is 12.7. The summed E-state index contributed by atoms with van der Waals surface area (Å²) >= 11 is 0. The number of carbonyl (C=O) groups excluding carboxylic acids is 1. The van der Waals surface area contributed by atoms with Gasteiger partial charge in [0, 0.05) is 25.0 Å². The average Bonchev–Trinajstić information content (AvgIpc) is 2.45. The van der Waals surface area contributed by atoms with E-state index in [9.17, 15) is 13.6 Å². The van der Waals surface area contributed by atoms with Crippen LogP contribution in [0.3, 0.4) is 0 Å². The van der Waals surface area contributed by atoms with E-state index in [1.165, 1.54) is 4.90 Å². The first-order valence-corrected chi connectivity index (χ1v) is 6.55. The molecule has 0 aromatic heterocycles. The SMILES string of the molecule is N[C@@H]1CC(C(F)F)CN(C(=O)OCc2ccccc2)C1. The van der Waals surface area contributed by atoms with E-state index in [1.54, 1.807) is 0 Å². The van der Waals surface area contributed by atoms with Gasteiger partial charge in [-0.1, -0.05) is 30.3 Å². The van der Waals surface area contributed by atoms with Gasteiger partial charge in [0.25, 0.3) is 0 Å². The van der Waals surface area contributed by atoms with Crippen LogP contribution in [0.1, 0.15) is 12.0 Å². The molecule has 0 radical (unpaired) electrons. The summed E-state index contributed by atoms with van der Waals surface area (Å²) in [4.78, 5) is 13.2. The van der Waals surface area contributed by atoms with Gasteiger partial charge in [0.05, 0.1) is 0 Å². The molecular formula is C14H18F2N2O2. The van der Waals surface area contributed by atoms with Gasteiger partial charge in [-0.05, 0) is 12.0 Å². The first kappa shape index (κ1) is 14.7. The predicted molar refractivity (Wildman–Crippen MR) is 70.3 cm³/mol. The normalized spacial score (nSPS) is 22.9. The van der Waals surface area contributed by atoms with Crippen LogP contribution in [0.25, 0.3) is 0 Å². The molecule has 20 heavy (non-hydrogen) atoms. The lowest BCUT2D eigenvalue weighted by molar-refractivity contribution is 0.0154. The number of hydrogen-bond donors (Lipinski definition) is 1. The largest absolute Gasteiger partial charge is 0.445 e. The van der Waals surface area contributed by atoms with Crippen LogP contribution in [-0.4, -0.2) is 36.5 Å². The van der Waals surface area contributed by atoms with Crippen molar-refractivity contribution in [3.63, 3.8) is 0 Å². The van der Waals surface area contributed by atoms with E-state index < -0.39 is 24.5 Å². The maximum Gasteiger partial charge on any atom is 0.410 e. The quantitative estimate of drug-likeness (QED) is 0.926. The van der Waals surface area contributed by atoms with Crippen LogP contribution in [-0.2, 0) is 11.3 Å². The summed E-state index contributed by atoms with van der Waals surface area (Å²) in [7, 11) is 0. The molecule has 1 aromatic carbocycles. The van der Waals surface area contributed by atoms with Gasteiger partial charge in [0.2, 0.25) is 6.43 Å². The summed E-state index contributed by atoms with van der Waals surface area (Å²) in [5, 5.41) is 0. The van der Waals surface area contributed by atoms with Crippen LogP contribution in [0.4, 0.5) is 13.6 Å². The summed E-state index contributed by atoms with van der Waals surface area (Å²) in [6.07, 6.45) is -2.82. The molecule has 110 valence electrons. The molecule has 2 rings (SSSR count). The Morgan fingerprint density at radius 2 is 2.05 bits per heavy atom. The smallest absolute Gasteiger partial charge is 0.410 e. The molecule has 1 heterocycles. The van der Waals surface area contributed by atoms with Crippen molar-refractivity contribution in [1.82, 2.24) is 4.90 Å². The number of nitrogens with zero attached hydrogens (tertiary/aromatic N) is 1. The van der Waals surface area contributed by atoms with E-state index in [2.05, 4.69) is 0 Å². The third-order valence-corrected chi connectivity index (χ3v) is 3.33. The number of carbonyl (C=O) groups is 1. The molecule has 1 aromatic rings. The molecule has 0 bridgehead atoms. The van der Waals surface area contributed by atoms with Crippen molar-refractivity contribution in [3.05, 3.63) is 35.9 Å². The maximum atomic E-state index is 12.7. The number of alkyl halides is 2. The van der Waals surface area contributed by atoms with Crippen molar-refractivity contribution >= 4 is 6.09 Å². The zero-order valence-electron chi connectivity index (χ0n) is 11.0. The molecule has 1 unspecified atom stereocenters. The molecule has 1 saturated heterocycles. The fraction of sp³-hybridized carbons (Fsp3) is 0.500. The fourth-order valence-corrected chi connectivity index (χ4v) is 2.32. The standard InChI is InChI=1S/C14H18F2N2O2/c15-13(16)11-6-12(17)8-18(7-11)14(19)20-9-10-4-2-1-3-5-10/h1-5,11-13H,6-9,17H2/t11?,12-/m1/s1. The molecular weight excluding hydrogens is 266 g/mol. The Morgan fingerprint density at radius 1 is 1.35 bits per heavy atom. The Balaban J connectivity index is 1.88. The van der Waals surface area contributed by atoms with Crippen LogP contribution in [0.5, 0.6) is 0 Å². The molecule has 6 heteroatoms. The second kappa shape index (κ2) is 6.65. The Bertz CT molecular complexity index is 442. The van der Waals surface area contributed by atoms with Crippen LogP contribution in [0, 0.1) is 5.92 Å². The minimum absolute atomic E-state index is 0.00100. The average molecular weight is 284 g/mol. The van der Waals surface area contributed by atoms with Crippen molar-refractivity contribution in [2.45, 2.75) is 25.5 Å². The second-order valence-corrected chi connectivity index (χ2v) is 5.04. The molecule has 1 fully saturated rings. The lowest BCUT2D eigenvalue weighted by Crippen LogP contribution is -2.51. The van der Waals surface area contributed by atoms with E-state index in [-0.39, 0.29) is 26.1 Å². The van der Waals surface area contributed by atoms with E-state index in [0.29, 0.717) is 0 Å². The van der Waals surface area contributed by atoms with Gasteiger partial charge in [0.15, 0.2) is 0 Å². The Kier molecular flexibility index (Phi) is 4.89. The summed E-state index contributed by atoms with van der Waals surface area (Å²) < 4.78 is 30.6. The van der Waals surface area contributed by atoms with Crippen molar-refractivity contribution in [2.75, 3.05) is 13.1 Å². The van der Waals surface area contributed by atoms with Crippen LogP contribution in [0.15, 0.2) is 30.3 Å². The minimum Gasteiger partial charge on any atom is -0.445 e. The Morgan fingerprint density at radius 3 is 2.70 bits per heavy atom. The van der Waals surface area contributed by atoms with E-state index in [4.69, 9.17) is 10.5 Å². The van der Waals surface area contributed by atoms with Gasteiger partial charge in [-0.2, -0.15) is 0 Å². The number of ether oxygens (including phenoxy) is 1. The van der Waals surface area contributed by atoms with Gasteiger partial charge in [-0.3, -0.25) is 0 Å². The molecule has 1 aliphatic heterocycles. The summed E-state index contributed by atoms with van der Waals surface area (Å²) in [6, 6.07) is 8.78. The van der Waals surface area contributed by atoms with Gasteiger partial charge in [-0.15, -0.1) is 0 Å². The fourth-order valence-electron chi connectivity index (χ4n) is 2.32. The molecule has 1 amide bonds. The highest BCUT2D eigenvalue weighted by molar-refractivity contribution is 5.67. The van der Waals surface area contributed by atoms with Gasteiger partial charge in [0.1, 0.15) is 6.61 Å². The van der Waals surface area contributed by atoms with E-state index >= 15 is 0 Å². The molecule has 0 saturated carbocycles. The second-order valence-electron chi connectivity index (χ2n) is 5.04. The topological polar surface area (TPSA) is 55.6 Å². The monoisotopic (exact) mass is 284 g/mol. The number of nitrogens with two attached hydrogens (primary N) is 1. The van der Waals surface area contributed by atoms with Gasteiger partial charge < -0.3 is 15.4 Å². The van der Waals surface area contributed by atoms with E-state index in [0.717, 1.165) is 5.56 Å². The van der Waals surface area contributed by atoms with Crippen LogP contribution >= 0.6 is 0 Å². The lowest BCUT2D eigenvalue weighted by atomic mass is 9.95. The summed E-state index contributed by atoms with van der Waals surface area (Å²) in [5.41, 5.74) is 6.57. The number of rotatable bonds is 3. The van der Waals surface area contributed by atoms with Gasteiger partial charge >= 0.3 is 6.09 Å². The molecule has 1 aliphatic rings.